The smallest absolute Gasteiger partial charge is 0.240 e. The summed E-state index contributed by atoms with van der Waals surface area (Å²) in [5.74, 6) is 1.08. The zero-order valence-electron chi connectivity index (χ0n) is 15.4. The maximum Gasteiger partial charge on any atom is 0.240 e. The zero-order valence-corrected chi connectivity index (χ0v) is 15.4. The average molecular weight is 366 g/mol. The first-order valence-electron chi connectivity index (χ1n) is 9.25. The van der Waals surface area contributed by atoms with Gasteiger partial charge in [-0.25, -0.2) is 4.39 Å². The maximum atomic E-state index is 13.6. The van der Waals surface area contributed by atoms with E-state index in [-0.39, 0.29) is 11.9 Å². The third kappa shape index (κ3) is 4.23. The van der Waals surface area contributed by atoms with Crippen molar-refractivity contribution in [3.05, 3.63) is 82.8 Å². The van der Waals surface area contributed by atoms with Gasteiger partial charge in [0.2, 0.25) is 5.89 Å². The Hall–Kier alpha value is -2.57. The molecule has 140 valence electrons. The van der Waals surface area contributed by atoms with Crippen molar-refractivity contribution >= 4 is 0 Å². The highest BCUT2D eigenvalue weighted by molar-refractivity contribution is 5.28. The van der Waals surface area contributed by atoms with E-state index in [0.29, 0.717) is 24.7 Å². The Bertz CT molecular complexity index is 910. The van der Waals surface area contributed by atoms with Crippen LogP contribution in [0, 0.1) is 12.7 Å². The fourth-order valence-corrected chi connectivity index (χ4v) is 3.56. The van der Waals surface area contributed by atoms with Gasteiger partial charge >= 0.3 is 0 Å². The molecule has 0 aliphatic carbocycles. The van der Waals surface area contributed by atoms with Gasteiger partial charge in [-0.1, -0.05) is 41.6 Å². The normalized spacial score (nSPS) is 17.9. The second-order valence-electron chi connectivity index (χ2n) is 6.95. The van der Waals surface area contributed by atoms with Crippen LogP contribution < -0.4 is 5.32 Å². The first-order chi connectivity index (χ1) is 13.2. The molecule has 27 heavy (non-hydrogen) atoms. The second-order valence-corrected chi connectivity index (χ2v) is 6.95. The van der Waals surface area contributed by atoms with Gasteiger partial charge in [0.1, 0.15) is 5.82 Å². The fourth-order valence-electron chi connectivity index (χ4n) is 3.56. The molecule has 1 fully saturated rings. The van der Waals surface area contributed by atoms with Crippen LogP contribution in [0.3, 0.4) is 0 Å². The van der Waals surface area contributed by atoms with E-state index in [2.05, 4.69) is 39.4 Å². The number of aryl methyl sites for hydroxylation is 1. The summed E-state index contributed by atoms with van der Waals surface area (Å²) in [6.07, 6.45) is 0.658. The van der Waals surface area contributed by atoms with Crippen LogP contribution >= 0.6 is 0 Å². The summed E-state index contributed by atoms with van der Waals surface area (Å²) < 4.78 is 19.1. The Kier molecular flexibility index (Phi) is 5.27. The summed E-state index contributed by atoms with van der Waals surface area (Å²) in [6.45, 7) is 5.14. The van der Waals surface area contributed by atoms with Crippen LogP contribution in [0.2, 0.25) is 0 Å². The molecule has 2 aromatic carbocycles. The Morgan fingerprint density at radius 1 is 1.22 bits per heavy atom. The van der Waals surface area contributed by atoms with Crippen LogP contribution in [-0.4, -0.2) is 34.7 Å². The molecule has 1 aliphatic rings. The number of piperazine rings is 1. The molecule has 0 radical (unpaired) electrons. The predicted molar refractivity (Wildman–Crippen MR) is 101 cm³/mol. The van der Waals surface area contributed by atoms with Gasteiger partial charge < -0.3 is 9.84 Å². The van der Waals surface area contributed by atoms with Crippen molar-refractivity contribution in [2.45, 2.75) is 25.9 Å². The minimum absolute atomic E-state index is 0.0844. The van der Waals surface area contributed by atoms with Crippen LogP contribution in [0.15, 0.2) is 53.1 Å². The van der Waals surface area contributed by atoms with E-state index < -0.39 is 0 Å². The summed E-state index contributed by atoms with van der Waals surface area (Å²) in [5.41, 5.74) is 3.38. The van der Waals surface area contributed by atoms with Crippen molar-refractivity contribution in [2.75, 3.05) is 19.6 Å². The van der Waals surface area contributed by atoms with Crippen molar-refractivity contribution < 1.29 is 8.91 Å². The molecule has 6 heteroatoms. The fraction of sp³-hybridized carbons (Fsp3) is 0.333. The quantitative estimate of drug-likeness (QED) is 0.751. The van der Waals surface area contributed by atoms with E-state index in [1.54, 1.807) is 12.1 Å². The van der Waals surface area contributed by atoms with E-state index >= 15 is 0 Å². The van der Waals surface area contributed by atoms with Crippen molar-refractivity contribution in [2.24, 2.45) is 0 Å². The molecule has 0 saturated carbocycles. The van der Waals surface area contributed by atoms with Crippen molar-refractivity contribution in [3.63, 3.8) is 0 Å². The van der Waals surface area contributed by atoms with Crippen LogP contribution in [-0.2, 0) is 13.0 Å². The largest absolute Gasteiger partial charge is 0.338 e. The maximum absolute atomic E-state index is 13.6. The lowest BCUT2D eigenvalue weighted by molar-refractivity contribution is 0.135. The lowest BCUT2D eigenvalue weighted by Crippen LogP contribution is -2.45. The average Bonchev–Trinajstić information content (AvgIpc) is 3.11. The number of nitrogens with zero attached hydrogens (tertiary/aromatic N) is 3. The first-order valence-corrected chi connectivity index (χ1v) is 9.25. The van der Waals surface area contributed by atoms with Gasteiger partial charge in [0.15, 0.2) is 5.82 Å². The monoisotopic (exact) mass is 366 g/mol. The molecule has 4 rings (SSSR count). The van der Waals surface area contributed by atoms with Crippen molar-refractivity contribution in [3.8, 4) is 0 Å². The van der Waals surface area contributed by atoms with E-state index in [9.17, 15) is 4.39 Å². The van der Waals surface area contributed by atoms with Crippen LogP contribution in [0.4, 0.5) is 4.39 Å². The van der Waals surface area contributed by atoms with Crippen molar-refractivity contribution in [1.82, 2.24) is 20.4 Å². The third-order valence-electron chi connectivity index (χ3n) is 5.05. The predicted octanol–water partition coefficient (Wildman–Crippen LogP) is 3.25. The molecule has 3 aromatic rings. The van der Waals surface area contributed by atoms with Gasteiger partial charge in [-0.05, 0) is 35.7 Å². The molecule has 1 atom stereocenters. The minimum Gasteiger partial charge on any atom is -0.338 e. The first kappa shape index (κ1) is 17.8. The Balaban J connectivity index is 1.48. The van der Waals surface area contributed by atoms with Gasteiger partial charge in [0.25, 0.3) is 0 Å². The van der Waals surface area contributed by atoms with Gasteiger partial charge in [-0.15, -0.1) is 0 Å². The molecular weight excluding hydrogens is 343 g/mol. The van der Waals surface area contributed by atoms with E-state index in [4.69, 9.17) is 4.52 Å². The highest BCUT2D eigenvalue weighted by Crippen LogP contribution is 2.24. The molecule has 1 saturated heterocycles. The van der Waals surface area contributed by atoms with Crippen LogP contribution in [0.1, 0.15) is 34.4 Å². The van der Waals surface area contributed by atoms with Gasteiger partial charge in [-0.2, -0.15) is 4.98 Å². The summed E-state index contributed by atoms with van der Waals surface area (Å²) in [4.78, 5) is 6.83. The van der Waals surface area contributed by atoms with Gasteiger partial charge in [0, 0.05) is 32.1 Å². The second kappa shape index (κ2) is 7.98. The summed E-state index contributed by atoms with van der Waals surface area (Å²) >= 11 is 0. The summed E-state index contributed by atoms with van der Waals surface area (Å²) in [5, 5.41) is 7.52. The molecule has 1 aromatic heterocycles. The van der Waals surface area contributed by atoms with Gasteiger partial charge in [-0.3, -0.25) is 4.90 Å². The third-order valence-corrected chi connectivity index (χ3v) is 5.05. The van der Waals surface area contributed by atoms with Crippen LogP contribution in [0.25, 0.3) is 0 Å². The molecular formula is C21H23FN4O. The molecule has 0 bridgehead atoms. The highest BCUT2D eigenvalue weighted by Gasteiger charge is 2.26. The number of rotatable bonds is 5. The topological polar surface area (TPSA) is 54.2 Å². The number of halogens is 1. The van der Waals surface area contributed by atoms with E-state index in [0.717, 1.165) is 25.2 Å². The minimum atomic E-state index is -0.212. The lowest BCUT2D eigenvalue weighted by atomic mass is 10.0. The molecule has 0 spiro atoms. The standard InChI is InChI=1S/C21H23FN4O/c1-15-5-2-3-6-16(15)12-20-24-21(27-25-20)14-26-10-9-23-13-19(26)17-7-4-8-18(22)11-17/h2-8,11,19,23H,9-10,12-14H2,1H3. The number of benzene rings is 2. The summed E-state index contributed by atoms with van der Waals surface area (Å²) in [7, 11) is 0. The molecule has 5 nitrogen and oxygen atoms in total. The number of nitrogens with one attached hydrogen (secondary N) is 1. The number of hydrogen-bond acceptors (Lipinski definition) is 5. The Labute approximate surface area is 158 Å². The van der Waals surface area contributed by atoms with Crippen LogP contribution in [0.5, 0.6) is 0 Å². The molecule has 2 heterocycles. The highest BCUT2D eigenvalue weighted by atomic mass is 19.1. The molecule has 1 unspecified atom stereocenters. The Morgan fingerprint density at radius 3 is 2.96 bits per heavy atom. The zero-order chi connectivity index (χ0) is 18.6. The number of hydrogen-bond donors (Lipinski definition) is 1. The van der Waals surface area contributed by atoms with E-state index in [1.807, 2.05) is 18.2 Å². The van der Waals surface area contributed by atoms with E-state index in [1.165, 1.54) is 17.2 Å². The summed E-state index contributed by atoms with van der Waals surface area (Å²) in [6, 6.07) is 15.1. The Morgan fingerprint density at radius 2 is 2.11 bits per heavy atom. The van der Waals surface area contributed by atoms with Crippen molar-refractivity contribution in [1.29, 1.82) is 0 Å². The molecule has 0 amide bonds. The number of aromatic nitrogens is 2. The lowest BCUT2D eigenvalue weighted by Gasteiger charge is -2.35. The molecule has 1 aliphatic heterocycles. The van der Waals surface area contributed by atoms with Gasteiger partial charge in [0.05, 0.1) is 6.54 Å². The molecule has 1 N–H and O–H groups in total. The SMILES string of the molecule is Cc1ccccc1Cc1noc(CN2CCNCC2c2cccc(F)c2)n1.